The summed E-state index contributed by atoms with van der Waals surface area (Å²) in [7, 11) is 0. The standard InChI is InChI=1S/C26H16N2O8/c1-14-22(15-6-3-2-4-7-15)24(30)17-11-10-16(12-20(17)35-14)36-21(29)13-27-25(31)18-8-5-9-19(28(33)34)23(18)26(27)32/h2-12H,13H2,1H3. The maximum Gasteiger partial charge on any atom is 0.331 e. The van der Waals surface area contributed by atoms with Crippen LogP contribution in [0.1, 0.15) is 26.5 Å². The van der Waals surface area contributed by atoms with E-state index in [0.717, 1.165) is 6.07 Å². The van der Waals surface area contributed by atoms with Crippen molar-refractivity contribution in [3.8, 4) is 16.9 Å². The smallest absolute Gasteiger partial charge is 0.331 e. The van der Waals surface area contributed by atoms with Crippen molar-refractivity contribution in [3.63, 3.8) is 0 Å². The molecule has 1 aliphatic rings. The topological polar surface area (TPSA) is 137 Å². The molecule has 3 aromatic carbocycles. The van der Waals surface area contributed by atoms with Gasteiger partial charge in [-0.15, -0.1) is 0 Å². The summed E-state index contributed by atoms with van der Waals surface area (Å²) in [4.78, 5) is 61.9. The molecular formula is C26H16N2O8. The van der Waals surface area contributed by atoms with Gasteiger partial charge in [-0.25, -0.2) is 4.79 Å². The zero-order valence-electron chi connectivity index (χ0n) is 18.7. The molecule has 0 N–H and O–H groups in total. The van der Waals surface area contributed by atoms with E-state index in [9.17, 15) is 29.3 Å². The number of imide groups is 1. The summed E-state index contributed by atoms with van der Waals surface area (Å²) in [6.07, 6.45) is 0. The molecule has 10 nitrogen and oxygen atoms in total. The molecule has 0 bridgehead atoms. The molecule has 1 aromatic heterocycles. The van der Waals surface area contributed by atoms with E-state index in [4.69, 9.17) is 9.15 Å². The molecular weight excluding hydrogens is 468 g/mol. The third kappa shape index (κ3) is 3.70. The second-order valence-corrected chi connectivity index (χ2v) is 8.01. The van der Waals surface area contributed by atoms with Crippen LogP contribution in [-0.2, 0) is 4.79 Å². The SMILES string of the molecule is Cc1oc2cc(OC(=O)CN3C(=O)c4cccc([N+](=O)[O-])c4C3=O)ccc2c(=O)c1-c1ccccc1. The van der Waals surface area contributed by atoms with Crippen LogP contribution < -0.4 is 10.2 Å². The van der Waals surface area contributed by atoms with Gasteiger partial charge in [0.25, 0.3) is 17.5 Å². The van der Waals surface area contributed by atoms with E-state index in [1.165, 1.54) is 30.3 Å². The van der Waals surface area contributed by atoms with Gasteiger partial charge in [-0.3, -0.25) is 29.4 Å². The predicted octanol–water partition coefficient (Wildman–Crippen LogP) is 3.88. The fraction of sp³-hybridized carbons (Fsp3) is 0.0769. The lowest BCUT2D eigenvalue weighted by Gasteiger charge is -2.13. The van der Waals surface area contributed by atoms with Crippen LogP contribution in [0.4, 0.5) is 5.69 Å². The quantitative estimate of drug-likeness (QED) is 0.137. The number of nitrogens with zero attached hydrogens (tertiary/aromatic N) is 2. The van der Waals surface area contributed by atoms with Gasteiger partial charge >= 0.3 is 5.97 Å². The van der Waals surface area contributed by atoms with Gasteiger partial charge in [-0.2, -0.15) is 0 Å². The summed E-state index contributed by atoms with van der Waals surface area (Å²) in [6.45, 7) is 0.904. The first-order chi connectivity index (χ1) is 17.3. The lowest BCUT2D eigenvalue weighted by molar-refractivity contribution is -0.385. The molecule has 0 radical (unpaired) electrons. The fourth-order valence-corrected chi connectivity index (χ4v) is 4.19. The number of esters is 1. The summed E-state index contributed by atoms with van der Waals surface area (Å²) < 4.78 is 11.1. The largest absolute Gasteiger partial charge is 0.460 e. The molecule has 36 heavy (non-hydrogen) atoms. The van der Waals surface area contributed by atoms with Crippen LogP contribution in [0.15, 0.2) is 75.9 Å². The summed E-state index contributed by atoms with van der Waals surface area (Å²) >= 11 is 0. The Bertz CT molecular complexity index is 1660. The van der Waals surface area contributed by atoms with Crippen LogP contribution in [0.3, 0.4) is 0 Å². The number of carbonyl (C=O) groups is 3. The summed E-state index contributed by atoms with van der Waals surface area (Å²) in [5.74, 6) is -2.32. The first-order valence-corrected chi connectivity index (χ1v) is 10.7. The van der Waals surface area contributed by atoms with Crippen LogP contribution in [-0.4, -0.2) is 34.2 Å². The van der Waals surface area contributed by atoms with Crippen molar-refractivity contribution in [1.82, 2.24) is 4.90 Å². The molecule has 2 heterocycles. The highest BCUT2D eigenvalue weighted by Crippen LogP contribution is 2.31. The number of ether oxygens (including phenoxy) is 1. The summed E-state index contributed by atoms with van der Waals surface area (Å²) in [5.41, 5.74) is 0.0485. The number of hydrogen-bond acceptors (Lipinski definition) is 8. The summed E-state index contributed by atoms with van der Waals surface area (Å²) in [6, 6.07) is 17.0. The Balaban J connectivity index is 1.39. The normalized spacial score (nSPS) is 12.6. The number of hydrogen-bond donors (Lipinski definition) is 0. The molecule has 178 valence electrons. The Morgan fingerprint density at radius 3 is 2.44 bits per heavy atom. The molecule has 0 fully saturated rings. The molecule has 0 saturated carbocycles. The third-order valence-electron chi connectivity index (χ3n) is 5.79. The second-order valence-electron chi connectivity index (χ2n) is 8.01. The fourth-order valence-electron chi connectivity index (χ4n) is 4.19. The maximum absolute atomic E-state index is 13.1. The van der Waals surface area contributed by atoms with Gasteiger partial charge in [0.05, 0.1) is 21.4 Å². The molecule has 2 amide bonds. The van der Waals surface area contributed by atoms with E-state index < -0.39 is 34.9 Å². The third-order valence-corrected chi connectivity index (χ3v) is 5.79. The first kappa shape index (κ1) is 22.7. The lowest BCUT2D eigenvalue weighted by Crippen LogP contribution is -2.36. The van der Waals surface area contributed by atoms with E-state index in [-0.39, 0.29) is 33.3 Å². The zero-order chi connectivity index (χ0) is 25.6. The number of carbonyl (C=O) groups excluding carboxylic acids is 3. The van der Waals surface area contributed by atoms with E-state index in [2.05, 4.69) is 0 Å². The Kier molecular flexibility index (Phi) is 5.40. The molecule has 0 spiro atoms. The molecule has 1 aliphatic heterocycles. The van der Waals surface area contributed by atoms with Gasteiger partial charge in [-0.1, -0.05) is 36.4 Å². The number of amides is 2. The minimum atomic E-state index is -0.952. The molecule has 0 unspecified atom stereocenters. The van der Waals surface area contributed by atoms with Gasteiger partial charge in [0.1, 0.15) is 29.2 Å². The predicted molar refractivity (Wildman–Crippen MR) is 127 cm³/mol. The van der Waals surface area contributed by atoms with Crippen LogP contribution >= 0.6 is 0 Å². The van der Waals surface area contributed by atoms with Crippen LogP contribution in [0.25, 0.3) is 22.1 Å². The highest BCUT2D eigenvalue weighted by Gasteiger charge is 2.42. The van der Waals surface area contributed by atoms with Gasteiger partial charge in [-0.05, 0) is 30.7 Å². The highest BCUT2D eigenvalue weighted by atomic mass is 16.6. The van der Waals surface area contributed by atoms with Crippen molar-refractivity contribution in [2.24, 2.45) is 0 Å². The van der Waals surface area contributed by atoms with Crippen molar-refractivity contribution in [2.45, 2.75) is 6.92 Å². The van der Waals surface area contributed by atoms with E-state index in [1.54, 1.807) is 19.1 Å². The number of benzene rings is 3. The highest BCUT2D eigenvalue weighted by molar-refractivity contribution is 6.24. The Labute approximate surface area is 202 Å². The Morgan fingerprint density at radius 2 is 1.72 bits per heavy atom. The van der Waals surface area contributed by atoms with Gasteiger partial charge in [0.2, 0.25) is 5.43 Å². The average Bonchev–Trinajstić information content (AvgIpc) is 3.09. The number of aryl methyl sites for hydroxylation is 1. The van der Waals surface area contributed by atoms with Crippen LogP contribution in [0.2, 0.25) is 0 Å². The number of nitro benzene ring substituents is 1. The number of fused-ring (bicyclic) bond motifs is 2. The van der Waals surface area contributed by atoms with Crippen molar-refractivity contribution < 1.29 is 28.5 Å². The van der Waals surface area contributed by atoms with E-state index in [1.807, 2.05) is 18.2 Å². The Morgan fingerprint density at radius 1 is 0.972 bits per heavy atom. The molecule has 10 heteroatoms. The van der Waals surface area contributed by atoms with E-state index >= 15 is 0 Å². The second kappa shape index (κ2) is 8.58. The minimum Gasteiger partial charge on any atom is -0.460 e. The Hall–Kier alpha value is -5.12. The molecule has 0 saturated heterocycles. The van der Waals surface area contributed by atoms with Crippen molar-refractivity contribution in [1.29, 1.82) is 0 Å². The minimum absolute atomic E-state index is 0.0325. The molecule has 4 aromatic rings. The lowest BCUT2D eigenvalue weighted by atomic mass is 10.0. The maximum atomic E-state index is 13.1. The summed E-state index contributed by atoms with van der Waals surface area (Å²) in [5, 5.41) is 11.5. The van der Waals surface area contributed by atoms with E-state index in [0.29, 0.717) is 21.8 Å². The first-order valence-electron chi connectivity index (χ1n) is 10.7. The van der Waals surface area contributed by atoms with Gasteiger partial charge in [0, 0.05) is 12.1 Å². The number of nitro groups is 1. The molecule has 5 rings (SSSR count). The number of rotatable bonds is 5. The van der Waals surface area contributed by atoms with Crippen molar-refractivity contribution >= 4 is 34.4 Å². The molecule has 0 atom stereocenters. The monoisotopic (exact) mass is 484 g/mol. The van der Waals surface area contributed by atoms with Gasteiger partial charge < -0.3 is 9.15 Å². The molecule has 0 aliphatic carbocycles. The van der Waals surface area contributed by atoms with Crippen molar-refractivity contribution in [3.05, 3.63) is 104 Å². The van der Waals surface area contributed by atoms with Crippen LogP contribution in [0, 0.1) is 17.0 Å². The average molecular weight is 484 g/mol. The zero-order valence-corrected chi connectivity index (χ0v) is 18.7. The van der Waals surface area contributed by atoms with Crippen molar-refractivity contribution in [2.75, 3.05) is 6.54 Å². The van der Waals surface area contributed by atoms with Gasteiger partial charge in [0.15, 0.2) is 0 Å². The van der Waals surface area contributed by atoms with Crippen LogP contribution in [0.5, 0.6) is 5.75 Å².